The summed E-state index contributed by atoms with van der Waals surface area (Å²) >= 11 is 26.5. The van der Waals surface area contributed by atoms with E-state index in [2.05, 4.69) is 0 Å². The van der Waals surface area contributed by atoms with E-state index < -0.39 is 33.5 Å². The summed E-state index contributed by atoms with van der Waals surface area (Å²) in [6.07, 6.45) is 3.00. The fourth-order valence-corrected chi connectivity index (χ4v) is 6.32. The number of allylic oxidation sites excluding steroid dienone is 1. The van der Waals surface area contributed by atoms with Crippen molar-refractivity contribution in [2.75, 3.05) is 14.2 Å². The minimum atomic E-state index is -1.46. The number of alkyl halides is 2. The summed E-state index contributed by atoms with van der Waals surface area (Å²) in [4.78, 5) is 8.72. The van der Waals surface area contributed by atoms with Gasteiger partial charge in [0.25, 0.3) is 0 Å². The van der Waals surface area contributed by atoms with E-state index in [0.717, 1.165) is 0 Å². The number of methoxy groups -OCH3 is 2. The van der Waals surface area contributed by atoms with Gasteiger partial charge in [-0.25, -0.2) is 0 Å². The minimum absolute atomic E-state index is 0.164. The van der Waals surface area contributed by atoms with Crippen LogP contribution in [0.1, 0.15) is 6.92 Å². The van der Waals surface area contributed by atoms with E-state index in [-0.39, 0.29) is 16.0 Å². The van der Waals surface area contributed by atoms with E-state index in [1.54, 1.807) is 6.08 Å². The molecule has 0 N–H and O–H groups in total. The van der Waals surface area contributed by atoms with Crippen molar-refractivity contribution in [3.05, 3.63) is 22.2 Å². The van der Waals surface area contributed by atoms with Crippen molar-refractivity contribution in [2.24, 2.45) is 11.8 Å². The molecule has 1 saturated carbocycles. The zero-order chi connectivity index (χ0) is 16.5. The number of hydrogen-bond donors (Lipinski definition) is 0. The molecule has 4 nitrogen and oxygen atoms in total. The number of rotatable bonds is 3. The van der Waals surface area contributed by atoms with Crippen LogP contribution >= 0.6 is 46.4 Å². The summed E-state index contributed by atoms with van der Waals surface area (Å²) in [6.45, 7) is 1.33. The lowest BCUT2D eigenvalue weighted by Crippen LogP contribution is -2.58. The molecule has 0 unspecified atom stereocenters. The molecular weight excluding hydrogens is 374 g/mol. The Kier molecular flexibility index (Phi) is 3.84. The summed E-state index contributed by atoms with van der Waals surface area (Å²) < 4.78 is 16.6. The molecule has 0 heterocycles. The Labute approximate surface area is 148 Å². The maximum Gasteiger partial charge on any atom is 0.303 e. The van der Waals surface area contributed by atoms with Crippen molar-refractivity contribution < 1.29 is 19.0 Å². The van der Waals surface area contributed by atoms with Gasteiger partial charge in [0.05, 0.1) is 10.1 Å². The number of ether oxygens (including phenoxy) is 3. The molecule has 0 aliphatic heterocycles. The van der Waals surface area contributed by atoms with Crippen LogP contribution in [0.3, 0.4) is 0 Å². The summed E-state index contributed by atoms with van der Waals surface area (Å²) in [5.74, 6) is -2.67. The average molecular weight is 388 g/mol. The Balaban J connectivity index is 2.20. The SMILES string of the molecule is COC1(OC)[C@@]2(Cl)C(Cl)=C(Cl)[C@]1(Cl)[C@@H]1C=C[C@H](OC(C)=O)[C@@H]12. The maximum absolute atomic E-state index is 11.4. The number of carbonyl (C=O) groups excluding carboxylic acids is 1. The van der Waals surface area contributed by atoms with Gasteiger partial charge in [0, 0.05) is 33.0 Å². The van der Waals surface area contributed by atoms with Crippen LogP contribution in [0.25, 0.3) is 0 Å². The predicted octanol–water partition coefficient (Wildman–Crippen LogP) is 3.38. The Morgan fingerprint density at radius 3 is 2.14 bits per heavy atom. The Hall–Kier alpha value is 0.0300. The molecule has 1 fully saturated rings. The average Bonchev–Trinajstić information content (AvgIpc) is 2.99. The summed E-state index contributed by atoms with van der Waals surface area (Å²) in [7, 11) is 2.87. The summed E-state index contributed by atoms with van der Waals surface area (Å²) in [5, 5.41) is 0.362. The van der Waals surface area contributed by atoms with Gasteiger partial charge in [-0.05, 0) is 6.08 Å². The van der Waals surface area contributed by atoms with E-state index in [0.29, 0.717) is 0 Å². The number of carbonyl (C=O) groups is 1. The second-order valence-corrected chi connectivity index (χ2v) is 7.54. The van der Waals surface area contributed by atoms with Gasteiger partial charge >= 0.3 is 5.97 Å². The molecule has 22 heavy (non-hydrogen) atoms. The highest BCUT2D eigenvalue weighted by molar-refractivity contribution is 6.52. The van der Waals surface area contributed by atoms with Gasteiger partial charge in [-0.2, -0.15) is 0 Å². The second kappa shape index (κ2) is 5.01. The third-order valence-electron chi connectivity index (χ3n) is 4.83. The van der Waals surface area contributed by atoms with E-state index in [4.69, 9.17) is 60.6 Å². The topological polar surface area (TPSA) is 44.8 Å². The first-order valence-corrected chi connectivity index (χ1v) is 8.13. The predicted molar refractivity (Wildman–Crippen MR) is 84.3 cm³/mol. The highest BCUT2D eigenvalue weighted by Gasteiger charge is 2.86. The molecule has 0 amide bonds. The molecular formula is C14H14Cl4O4. The molecule has 8 heteroatoms. The standard InChI is InChI=1S/C14H14Cl4O4/c1-6(19)22-8-5-4-7-9(8)13(18)11(16)10(15)12(7,17)14(13,20-2)21-3/h4-5,7-9H,1-3H3/t7-,8+,9-,12-,13+/m1/s1. The molecule has 0 aromatic heterocycles. The van der Waals surface area contributed by atoms with Gasteiger partial charge in [0.15, 0.2) is 0 Å². The number of halogens is 4. The maximum atomic E-state index is 11.4. The normalized spacial score (nSPS) is 44.6. The zero-order valence-corrected chi connectivity index (χ0v) is 15.1. The molecule has 0 aromatic carbocycles. The van der Waals surface area contributed by atoms with E-state index in [1.165, 1.54) is 21.1 Å². The molecule has 3 aliphatic carbocycles. The highest BCUT2D eigenvalue weighted by Crippen LogP contribution is 2.75. The van der Waals surface area contributed by atoms with Crippen molar-refractivity contribution in [2.45, 2.75) is 28.6 Å². The number of fused-ring (bicyclic) bond motifs is 5. The molecule has 122 valence electrons. The van der Waals surface area contributed by atoms with Crippen molar-refractivity contribution in [3.8, 4) is 0 Å². The van der Waals surface area contributed by atoms with E-state index in [9.17, 15) is 4.79 Å². The van der Waals surface area contributed by atoms with E-state index >= 15 is 0 Å². The molecule has 0 spiro atoms. The van der Waals surface area contributed by atoms with Crippen LogP contribution in [0.2, 0.25) is 0 Å². The number of esters is 1. The fourth-order valence-electron chi connectivity index (χ4n) is 4.11. The van der Waals surface area contributed by atoms with Crippen molar-refractivity contribution in [3.63, 3.8) is 0 Å². The molecule has 0 radical (unpaired) electrons. The minimum Gasteiger partial charge on any atom is -0.458 e. The largest absolute Gasteiger partial charge is 0.458 e. The van der Waals surface area contributed by atoms with Gasteiger partial charge in [0.2, 0.25) is 5.79 Å². The lowest BCUT2D eigenvalue weighted by atomic mass is 9.83. The van der Waals surface area contributed by atoms with Crippen LogP contribution in [0.4, 0.5) is 0 Å². The van der Waals surface area contributed by atoms with Crippen LogP contribution in [0, 0.1) is 11.8 Å². The van der Waals surface area contributed by atoms with Crippen molar-refractivity contribution in [1.82, 2.24) is 0 Å². The Bertz CT molecular complexity index is 600. The van der Waals surface area contributed by atoms with Crippen LogP contribution in [0.5, 0.6) is 0 Å². The van der Waals surface area contributed by atoms with Gasteiger partial charge in [-0.1, -0.05) is 29.3 Å². The molecule has 2 bridgehead atoms. The third kappa shape index (κ3) is 1.52. The Morgan fingerprint density at radius 1 is 1.09 bits per heavy atom. The van der Waals surface area contributed by atoms with Crippen molar-refractivity contribution in [1.29, 1.82) is 0 Å². The van der Waals surface area contributed by atoms with Crippen LogP contribution < -0.4 is 0 Å². The van der Waals surface area contributed by atoms with Crippen LogP contribution in [0.15, 0.2) is 22.2 Å². The first kappa shape index (κ1) is 16.9. The number of hydrogen-bond acceptors (Lipinski definition) is 4. The van der Waals surface area contributed by atoms with E-state index in [1.807, 2.05) is 6.08 Å². The van der Waals surface area contributed by atoms with Gasteiger partial charge in [-0.15, -0.1) is 23.2 Å². The van der Waals surface area contributed by atoms with Crippen LogP contribution in [-0.4, -0.2) is 41.8 Å². The third-order valence-corrected chi connectivity index (χ3v) is 7.48. The molecule has 0 saturated heterocycles. The smallest absolute Gasteiger partial charge is 0.303 e. The monoisotopic (exact) mass is 386 g/mol. The summed E-state index contributed by atoms with van der Waals surface area (Å²) in [6, 6.07) is 0. The van der Waals surface area contributed by atoms with Gasteiger partial charge < -0.3 is 14.2 Å². The molecule has 3 rings (SSSR count). The first-order valence-electron chi connectivity index (χ1n) is 6.62. The lowest BCUT2D eigenvalue weighted by molar-refractivity contribution is -0.221. The first-order chi connectivity index (χ1) is 10.2. The molecule has 5 atom stereocenters. The zero-order valence-electron chi connectivity index (χ0n) is 12.0. The van der Waals surface area contributed by atoms with Crippen molar-refractivity contribution >= 4 is 52.4 Å². The summed E-state index contributed by atoms with van der Waals surface area (Å²) in [5.41, 5.74) is 0. The second-order valence-electron chi connectivity index (χ2n) is 5.59. The van der Waals surface area contributed by atoms with Gasteiger partial charge in [-0.3, -0.25) is 4.79 Å². The van der Waals surface area contributed by atoms with Gasteiger partial charge in [0.1, 0.15) is 15.9 Å². The molecule has 3 aliphatic rings. The molecule has 0 aromatic rings. The van der Waals surface area contributed by atoms with Crippen LogP contribution in [-0.2, 0) is 19.0 Å². The highest BCUT2D eigenvalue weighted by atomic mass is 35.5. The quantitative estimate of drug-likeness (QED) is 0.322. The lowest BCUT2D eigenvalue weighted by Gasteiger charge is -2.42. The Morgan fingerprint density at radius 2 is 1.64 bits per heavy atom. The fraction of sp³-hybridized carbons (Fsp3) is 0.643.